The monoisotopic (exact) mass is 606 g/mol. The molecule has 0 aliphatic carbocycles. The highest BCUT2D eigenvalue weighted by molar-refractivity contribution is 5.95. The summed E-state index contributed by atoms with van der Waals surface area (Å²) in [4.78, 5) is 72.2. The van der Waals surface area contributed by atoms with Crippen LogP contribution in [0.3, 0.4) is 0 Å². The molecule has 2 rings (SSSR count). The molecule has 5 atom stereocenters. The first-order valence-corrected chi connectivity index (χ1v) is 16.0. The number of nitrogens with zero attached hydrogens (tertiary/aromatic N) is 3. The molecule has 2 aliphatic rings. The third-order valence-corrected chi connectivity index (χ3v) is 8.35. The van der Waals surface area contributed by atoms with E-state index >= 15 is 0 Å². The van der Waals surface area contributed by atoms with E-state index in [1.807, 2.05) is 81.3 Å². The van der Waals surface area contributed by atoms with E-state index in [-0.39, 0.29) is 59.8 Å². The van der Waals surface area contributed by atoms with Crippen molar-refractivity contribution in [1.82, 2.24) is 30.7 Å². The van der Waals surface area contributed by atoms with E-state index in [2.05, 4.69) is 16.0 Å². The van der Waals surface area contributed by atoms with Crippen LogP contribution in [-0.2, 0) is 24.0 Å². The van der Waals surface area contributed by atoms with E-state index in [0.717, 1.165) is 6.42 Å². The molecule has 2 aliphatic heterocycles. The molecule has 0 aromatic carbocycles. The van der Waals surface area contributed by atoms with Crippen LogP contribution < -0.4 is 16.0 Å². The summed E-state index contributed by atoms with van der Waals surface area (Å²) in [5.74, 6) is -1.15. The molecule has 0 spiro atoms. The molecule has 0 unspecified atom stereocenters. The number of likely N-dealkylation sites (tertiary alicyclic amines) is 2. The van der Waals surface area contributed by atoms with Crippen LogP contribution >= 0.6 is 0 Å². The highest BCUT2D eigenvalue weighted by atomic mass is 16.2. The molecule has 0 aromatic heterocycles. The number of amides is 4. The van der Waals surface area contributed by atoms with Gasteiger partial charge in [-0.1, -0.05) is 41.5 Å². The van der Waals surface area contributed by atoms with Gasteiger partial charge in [-0.05, 0) is 78.3 Å². The van der Waals surface area contributed by atoms with Crippen molar-refractivity contribution in [3.8, 4) is 0 Å². The maximum atomic E-state index is 13.9. The number of hydrogen-bond acceptors (Lipinski definition) is 7. The summed E-state index contributed by atoms with van der Waals surface area (Å²) in [6.45, 7) is 18.1. The van der Waals surface area contributed by atoms with Crippen molar-refractivity contribution in [3.05, 3.63) is 0 Å². The van der Waals surface area contributed by atoms with Crippen LogP contribution in [0.25, 0.3) is 0 Å². The Morgan fingerprint density at radius 2 is 1.33 bits per heavy atom. The Hall–Kier alpha value is -2.53. The van der Waals surface area contributed by atoms with Gasteiger partial charge in [0.25, 0.3) is 0 Å². The molecule has 2 saturated heterocycles. The maximum absolute atomic E-state index is 13.9. The van der Waals surface area contributed by atoms with E-state index in [9.17, 15) is 24.0 Å². The second kappa shape index (κ2) is 15.5. The largest absolute Gasteiger partial charge is 0.350 e. The van der Waals surface area contributed by atoms with Crippen LogP contribution in [0.4, 0.5) is 0 Å². The van der Waals surface area contributed by atoms with Crippen molar-refractivity contribution in [3.63, 3.8) is 0 Å². The van der Waals surface area contributed by atoms with Gasteiger partial charge in [-0.25, -0.2) is 0 Å². The second-order valence-corrected chi connectivity index (χ2v) is 14.6. The molecule has 11 nitrogen and oxygen atoms in total. The third-order valence-electron chi connectivity index (χ3n) is 8.35. The fourth-order valence-corrected chi connectivity index (χ4v) is 6.33. The number of carbonyl (C=O) groups is 5. The van der Waals surface area contributed by atoms with Gasteiger partial charge in [-0.2, -0.15) is 0 Å². The molecule has 2 heterocycles. The van der Waals surface area contributed by atoms with E-state index < -0.39 is 29.7 Å². The van der Waals surface area contributed by atoms with Crippen LogP contribution in [-0.4, -0.2) is 114 Å². The minimum atomic E-state index is -0.698. The van der Waals surface area contributed by atoms with Gasteiger partial charge in [0.05, 0.1) is 24.7 Å². The predicted octanol–water partition coefficient (Wildman–Crippen LogP) is 1.79. The second-order valence-electron chi connectivity index (χ2n) is 14.6. The lowest BCUT2D eigenvalue weighted by Gasteiger charge is -2.34. The number of rotatable bonds is 13. The molecule has 246 valence electrons. The van der Waals surface area contributed by atoms with Gasteiger partial charge in [0.15, 0.2) is 5.78 Å². The highest BCUT2D eigenvalue weighted by Crippen LogP contribution is 2.26. The van der Waals surface area contributed by atoms with E-state index in [0.29, 0.717) is 32.4 Å². The first-order valence-electron chi connectivity index (χ1n) is 16.0. The summed E-state index contributed by atoms with van der Waals surface area (Å²) in [5.41, 5.74) is -0.406. The molecule has 0 radical (unpaired) electrons. The van der Waals surface area contributed by atoms with Gasteiger partial charge in [-0.15, -0.1) is 0 Å². The minimum Gasteiger partial charge on any atom is -0.350 e. The maximum Gasteiger partial charge on any atom is 0.246 e. The molecular formula is C32H58N6O5. The Balaban J connectivity index is 2.13. The lowest BCUT2D eigenvalue weighted by atomic mass is 9.96. The Labute approximate surface area is 259 Å². The van der Waals surface area contributed by atoms with Gasteiger partial charge < -0.3 is 20.4 Å². The fraction of sp³-hybridized carbons (Fsp3) is 0.844. The third kappa shape index (κ3) is 9.73. The summed E-state index contributed by atoms with van der Waals surface area (Å²) < 4.78 is 0. The topological polar surface area (TPSA) is 131 Å². The van der Waals surface area contributed by atoms with Crippen LogP contribution in [0, 0.1) is 17.8 Å². The number of Topliss-reactive ketones (excluding diaryl/α,β-unsaturated/α-hetero) is 1. The quantitative estimate of drug-likeness (QED) is 0.291. The number of nitrogens with one attached hydrogen (secondary N) is 3. The standard InChI is InChI=1S/C32H58N6O5/c1-19(2)25(34-29(41)27(21(5)6)36(10)11)24(39)18-33-26(20(3)4)31(43)38-17-13-15-23(38)30(42)37-16-12-14-22(37)28(40)35-32(7,8)9/h19-23,25-27,33H,12-18H2,1-11H3,(H,34,41)(H,35,40)/t22-,23-,25-,26-,27-/m0/s1. The normalized spacial score (nSPS) is 21.5. The van der Waals surface area contributed by atoms with Crippen molar-refractivity contribution in [1.29, 1.82) is 0 Å². The Morgan fingerprint density at radius 1 is 0.791 bits per heavy atom. The molecular weight excluding hydrogens is 548 g/mol. The lowest BCUT2D eigenvalue weighted by Crippen LogP contribution is -2.58. The zero-order chi connectivity index (χ0) is 32.8. The number of hydrogen-bond donors (Lipinski definition) is 3. The lowest BCUT2D eigenvalue weighted by molar-refractivity contribution is -0.148. The predicted molar refractivity (Wildman–Crippen MR) is 168 cm³/mol. The van der Waals surface area contributed by atoms with Crippen LogP contribution in [0.5, 0.6) is 0 Å². The summed E-state index contributed by atoms with van der Waals surface area (Å²) in [6, 6.07) is -2.91. The summed E-state index contributed by atoms with van der Waals surface area (Å²) in [5, 5.41) is 9.11. The Kier molecular flexibility index (Phi) is 13.2. The van der Waals surface area contributed by atoms with Crippen molar-refractivity contribution >= 4 is 29.4 Å². The van der Waals surface area contributed by atoms with E-state index in [4.69, 9.17) is 0 Å². The molecule has 43 heavy (non-hydrogen) atoms. The zero-order valence-electron chi connectivity index (χ0n) is 28.5. The van der Waals surface area contributed by atoms with Gasteiger partial charge in [-0.3, -0.25) is 34.2 Å². The molecule has 0 saturated carbocycles. The van der Waals surface area contributed by atoms with Crippen molar-refractivity contribution in [2.24, 2.45) is 17.8 Å². The highest BCUT2D eigenvalue weighted by Gasteiger charge is 2.44. The summed E-state index contributed by atoms with van der Waals surface area (Å²) >= 11 is 0. The zero-order valence-corrected chi connectivity index (χ0v) is 28.5. The number of likely N-dealkylation sites (N-methyl/N-ethyl adjacent to an activating group) is 1. The molecule has 0 bridgehead atoms. The average Bonchev–Trinajstić information content (AvgIpc) is 3.55. The first-order chi connectivity index (χ1) is 19.9. The van der Waals surface area contributed by atoms with Gasteiger partial charge in [0, 0.05) is 18.6 Å². The van der Waals surface area contributed by atoms with Crippen LogP contribution in [0.2, 0.25) is 0 Å². The van der Waals surface area contributed by atoms with Crippen LogP contribution in [0.1, 0.15) is 88.0 Å². The summed E-state index contributed by atoms with van der Waals surface area (Å²) in [6.07, 6.45) is 2.59. The van der Waals surface area contributed by atoms with Crippen molar-refractivity contribution in [2.75, 3.05) is 33.7 Å². The van der Waals surface area contributed by atoms with E-state index in [1.54, 1.807) is 9.80 Å². The number of ketones is 1. The van der Waals surface area contributed by atoms with Gasteiger partial charge in [0.1, 0.15) is 12.1 Å². The van der Waals surface area contributed by atoms with Crippen molar-refractivity contribution in [2.45, 2.75) is 124 Å². The first kappa shape index (κ1) is 36.7. The molecule has 11 heteroatoms. The SMILES string of the molecule is CC(C)[C@H](NC(=O)[C@H](C(C)C)N(C)C)C(=O)CN[C@H](C(=O)N1CCC[C@H]1C(=O)N1CCC[C@H]1C(=O)NC(C)(C)C)C(C)C. The Bertz CT molecular complexity index is 997. The smallest absolute Gasteiger partial charge is 0.246 e. The minimum absolute atomic E-state index is 0.0683. The fourth-order valence-electron chi connectivity index (χ4n) is 6.33. The van der Waals surface area contributed by atoms with Gasteiger partial charge in [0.2, 0.25) is 23.6 Å². The molecule has 3 N–H and O–H groups in total. The number of carbonyl (C=O) groups excluding carboxylic acids is 5. The van der Waals surface area contributed by atoms with Gasteiger partial charge >= 0.3 is 0 Å². The van der Waals surface area contributed by atoms with Crippen molar-refractivity contribution < 1.29 is 24.0 Å². The van der Waals surface area contributed by atoms with Crippen LogP contribution in [0.15, 0.2) is 0 Å². The Morgan fingerprint density at radius 3 is 1.81 bits per heavy atom. The van der Waals surface area contributed by atoms with E-state index in [1.165, 1.54) is 0 Å². The average molecular weight is 607 g/mol. The molecule has 0 aromatic rings. The molecule has 4 amide bonds. The summed E-state index contributed by atoms with van der Waals surface area (Å²) in [7, 11) is 3.69. The molecule has 2 fully saturated rings.